The summed E-state index contributed by atoms with van der Waals surface area (Å²) in [7, 11) is 0. The molecule has 0 aromatic heterocycles. The molecule has 0 amide bonds. The van der Waals surface area contributed by atoms with Crippen molar-refractivity contribution in [3.63, 3.8) is 0 Å². The van der Waals surface area contributed by atoms with Crippen LogP contribution in [0.5, 0.6) is 0 Å². The van der Waals surface area contributed by atoms with Gasteiger partial charge in [0.1, 0.15) is 0 Å². The maximum Gasteiger partial charge on any atom is 0.0496 e. The first-order chi connectivity index (χ1) is 5.71. The van der Waals surface area contributed by atoms with E-state index >= 15 is 0 Å². The zero-order valence-electron chi connectivity index (χ0n) is 6.93. The van der Waals surface area contributed by atoms with Crippen LogP contribution in [0.4, 0.5) is 0 Å². The molecule has 0 spiro atoms. The summed E-state index contributed by atoms with van der Waals surface area (Å²) in [5.41, 5.74) is 5.56. The zero-order chi connectivity index (χ0) is 9.56. The molecule has 5 heteroatoms. The van der Waals surface area contributed by atoms with Gasteiger partial charge in [-0.05, 0) is 0 Å². The second kappa shape index (κ2) is 6.33. The minimum atomic E-state index is -0.574. The number of rotatable bonds is 6. The van der Waals surface area contributed by atoms with Crippen LogP contribution in [-0.2, 0) is 0 Å². The number of hydrogen-bond donors (Lipinski definition) is 5. The Morgan fingerprint density at radius 2 is 1.00 bits per heavy atom. The molecule has 0 bridgehead atoms. The third-order valence-corrected chi connectivity index (χ3v) is 2.03. The van der Waals surface area contributed by atoms with Gasteiger partial charge >= 0.3 is 0 Å². The van der Waals surface area contributed by atoms with Crippen LogP contribution in [0.3, 0.4) is 0 Å². The number of nitrogens with two attached hydrogens (primary N) is 1. The summed E-state index contributed by atoms with van der Waals surface area (Å²) in [5, 5.41) is 34.9. The monoisotopic (exact) mass is 179 g/mol. The summed E-state index contributed by atoms with van der Waals surface area (Å²) in [6.07, 6.45) is 0. The van der Waals surface area contributed by atoms with E-state index in [-0.39, 0.29) is 26.4 Å². The van der Waals surface area contributed by atoms with E-state index in [9.17, 15) is 0 Å². The predicted octanol–water partition coefficient (Wildman–Crippen LogP) is -2.48. The molecular weight excluding hydrogens is 162 g/mol. The SMILES string of the molecule is NC(C(CO)CO)C(CO)CO. The van der Waals surface area contributed by atoms with E-state index in [0.29, 0.717) is 0 Å². The van der Waals surface area contributed by atoms with E-state index in [2.05, 4.69) is 0 Å². The first-order valence-electron chi connectivity index (χ1n) is 3.90. The Kier molecular flexibility index (Phi) is 6.23. The van der Waals surface area contributed by atoms with Crippen LogP contribution in [0.25, 0.3) is 0 Å². The molecule has 0 aromatic rings. The Bertz CT molecular complexity index is 91.6. The van der Waals surface area contributed by atoms with Gasteiger partial charge in [-0.15, -0.1) is 0 Å². The van der Waals surface area contributed by atoms with Crippen LogP contribution in [0.2, 0.25) is 0 Å². The zero-order valence-corrected chi connectivity index (χ0v) is 6.93. The average Bonchev–Trinajstić information content (AvgIpc) is 2.09. The number of aliphatic hydroxyl groups is 4. The number of hydrogen-bond acceptors (Lipinski definition) is 5. The molecular formula is C7H17NO4. The molecule has 0 unspecified atom stereocenters. The maximum absolute atomic E-state index is 8.73. The van der Waals surface area contributed by atoms with E-state index in [1.165, 1.54) is 0 Å². The fraction of sp³-hybridized carbons (Fsp3) is 1.00. The first kappa shape index (κ1) is 11.8. The van der Waals surface area contributed by atoms with Crippen molar-refractivity contribution in [3.8, 4) is 0 Å². The second-order valence-electron chi connectivity index (χ2n) is 2.83. The summed E-state index contributed by atoms with van der Waals surface area (Å²) in [5.74, 6) is -0.955. The highest BCUT2D eigenvalue weighted by atomic mass is 16.3. The fourth-order valence-corrected chi connectivity index (χ4v) is 0.987. The van der Waals surface area contributed by atoms with Gasteiger partial charge in [0.15, 0.2) is 0 Å². The molecule has 0 aliphatic heterocycles. The van der Waals surface area contributed by atoms with Crippen molar-refractivity contribution in [1.82, 2.24) is 0 Å². The highest BCUT2D eigenvalue weighted by Gasteiger charge is 2.24. The fourth-order valence-electron chi connectivity index (χ4n) is 0.987. The lowest BCUT2D eigenvalue weighted by Crippen LogP contribution is -2.44. The highest BCUT2D eigenvalue weighted by Crippen LogP contribution is 2.09. The van der Waals surface area contributed by atoms with Crippen molar-refractivity contribution in [2.24, 2.45) is 17.6 Å². The molecule has 0 heterocycles. The van der Waals surface area contributed by atoms with Gasteiger partial charge in [0.05, 0.1) is 0 Å². The van der Waals surface area contributed by atoms with E-state index in [1.807, 2.05) is 0 Å². The molecule has 0 atom stereocenters. The van der Waals surface area contributed by atoms with Crippen molar-refractivity contribution in [2.75, 3.05) is 26.4 Å². The minimum absolute atomic E-state index is 0.242. The number of aliphatic hydroxyl groups excluding tert-OH is 4. The third kappa shape index (κ3) is 3.04. The van der Waals surface area contributed by atoms with E-state index in [4.69, 9.17) is 26.2 Å². The van der Waals surface area contributed by atoms with Gasteiger partial charge in [0.2, 0.25) is 0 Å². The predicted molar refractivity (Wildman–Crippen MR) is 43.3 cm³/mol. The summed E-state index contributed by atoms with van der Waals surface area (Å²) in [4.78, 5) is 0. The van der Waals surface area contributed by atoms with Crippen LogP contribution in [0.1, 0.15) is 0 Å². The lowest BCUT2D eigenvalue weighted by Gasteiger charge is -2.25. The average molecular weight is 179 g/mol. The topological polar surface area (TPSA) is 107 Å². The van der Waals surface area contributed by atoms with Crippen molar-refractivity contribution in [2.45, 2.75) is 6.04 Å². The van der Waals surface area contributed by atoms with Crippen LogP contribution < -0.4 is 5.73 Å². The lowest BCUT2D eigenvalue weighted by molar-refractivity contribution is 0.0673. The van der Waals surface area contributed by atoms with Gasteiger partial charge in [0.25, 0.3) is 0 Å². The normalized spacial score (nSPS) is 12.0. The van der Waals surface area contributed by atoms with Crippen LogP contribution >= 0.6 is 0 Å². The minimum Gasteiger partial charge on any atom is -0.396 e. The summed E-state index contributed by atoms with van der Waals surface area (Å²) in [6.45, 7) is -0.968. The van der Waals surface area contributed by atoms with Crippen LogP contribution in [0.15, 0.2) is 0 Å². The Labute approximate surface area is 71.4 Å². The summed E-state index contributed by atoms with van der Waals surface area (Å²) in [6, 6.07) is -0.574. The molecule has 12 heavy (non-hydrogen) atoms. The molecule has 0 saturated heterocycles. The van der Waals surface area contributed by atoms with Crippen molar-refractivity contribution < 1.29 is 20.4 Å². The maximum atomic E-state index is 8.73. The Morgan fingerprint density at radius 3 is 1.17 bits per heavy atom. The first-order valence-corrected chi connectivity index (χ1v) is 3.90. The largest absolute Gasteiger partial charge is 0.396 e. The molecule has 0 aliphatic carbocycles. The van der Waals surface area contributed by atoms with Gasteiger partial charge in [-0.3, -0.25) is 0 Å². The van der Waals surface area contributed by atoms with E-state index in [0.717, 1.165) is 0 Å². The Morgan fingerprint density at radius 1 is 0.750 bits per heavy atom. The van der Waals surface area contributed by atoms with E-state index < -0.39 is 17.9 Å². The summed E-state index contributed by atoms with van der Waals surface area (Å²) >= 11 is 0. The molecule has 74 valence electrons. The van der Waals surface area contributed by atoms with Gasteiger partial charge in [-0.2, -0.15) is 0 Å². The van der Waals surface area contributed by atoms with Crippen molar-refractivity contribution in [3.05, 3.63) is 0 Å². The van der Waals surface area contributed by atoms with Crippen LogP contribution in [-0.4, -0.2) is 52.9 Å². The highest BCUT2D eigenvalue weighted by molar-refractivity contribution is 4.78. The van der Waals surface area contributed by atoms with Gasteiger partial charge in [0, 0.05) is 44.3 Å². The van der Waals surface area contributed by atoms with Crippen molar-refractivity contribution >= 4 is 0 Å². The van der Waals surface area contributed by atoms with Crippen molar-refractivity contribution in [1.29, 1.82) is 0 Å². The second-order valence-corrected chi connectivity index (χ2v) is 2.83. The Balaban J connectivity index is 4.02. The third-order valence-electron chi connectivity index (χ3n) is 2.03. The van der Waals surface area contributed by atoms with Crippen LogP contribution in [0, 0.1) is 11.8 Å². The molecule has 0 radical (unpaired) electrons. The van der Waals surface area contributed by atoms with Gasteiger partial charge in [-0.25, -0.2) is 0 Å². The molecule has 0 aliphatic rings. The quantitative estimate of drug-likeness (QED) is 0.310. The smallest absolute Gasteiger partial charge is 0.0496 e. The molecule has 6 N–H and O–H groups in total. The molecule has 0 saturated carbocycles. The lowest BCUT2D eigenvalue weighted by atomic mass is 9.91. The standard InChI is InChI=1S/C7H17NO4/c8-7(5(1-9)2-10)6(3-11)4-12/h5-7,9-12H,1-4,8H2. The van der Waals surface area contributed by atoms with E-state index in [1.54, 1.807) is 0 Å². The molecule has 0 rings (SSSR count). The summed E-state index contributed by atoms with van der Waals surface area (Å²) < 4.78 is 0. The van der Waals surface area contributed by atoms with Gasteiger partial charge < -0.3 is 26.2 Å². The molecule has 0 fully saturated rings. The Hall–Kier alpha value is -0.200. The van der Waals surface area contributed by atoms with Gasteiger partial charge in [-0.1, -0.05) is 0 Å². The molecule has 5 nitrogen and oxygen atoms in total. The molecule has 0 aromatic carbocycles.